The maximum absolute atomic E-state index is 4.41. The van der Waals surface area contributed by atoms with Gasteiger partial charge in [0.2, 0.25) is 0 Å². The Balaban J connectivity index is 1.98. The minimum absolute atomic E-state index is 0.204. The van der Waals surface area contributed by atoms with E-state index in [2.05, 4.69) is 41.2 Å². The minimum Gasteiger partial charge on any atom is -0.311 e. The molecule has 0 spiro atoms. The first-order valence-electron chi connectivity index (χ1n) is 6.53. The fourth-order valence-corrected chi connectivity index (χ4v) is 2.44. The van der Waals surface area contributed by atoms with Gasteiger partial charge in [-0.1, -0.05) is 6.07 Å². The zero-order valence-corrected chi connectivity index (χ0v) is 10.9. The molecule has 1 N–H and O–H groups in total. The van der Waals surface area contributed by atoms with E-state index in [0.717, 1.165) is 19.6 Å². The molecule has 0 aliphatic carbocycles. The lowest BCUT2D eigenvalue weighted by Crippen LogP contribution is -2.51. The van der Waals surface area contributed by atoms with Crippen LogP contribution in [0.15, 0.2) is 24.4 Å². The topological polar surface area (TPSA) is 28.2 Å². The highest BCUT2D eigenvalue weighted by Gasteiger charge is 2.22. The van der Waals surface area contributed by atoms with Gasteiger partial charge in [-0.3, -0.25) is 9.88 Å². The molecule has 1 aromatic heterocycles. The fraction of sp³-hybridized carbons (Fsp3) is 0.643. The van der Waals surface area contributed by atoms with E-state index in [-0.39, 0.29) is 5.54 Å². The lowest BCUT2D eigenvalue weighted by atomic mass is 10.0. The molecule has 0 aromatic carbocycles. The molecule has 3 heteroatoms. The van der Waals surface area contributed by atoms with Crippen molar-refractivity contribution >= 4 is 0 Å². The summed E-state index contributed by atoms with van der Waals surface area (Å²) >= 11 is 0. The molecule has 17 heavy (non-hydrogen) atoms. The molecular formula is C14H23N3. The van der Waals surface area contributed by atoms with E-state index in [1.54, 1.807) is 0 Å². The predicted octanol–water partition coefficient (Wildman–Crippen LogP) is 2.05. The van der Waals surface area contributed by atoms with Gasteiger partial charge in [0.1, 0.15) is 0 Å². The summed E-state index contributed by atoms with van der Waals surface area (Å²) < 4.78 is 0. The van der Waals surface area contributed by atoms with Crippen molar-refractivity contribution in [3.8, 4) is 0 Å². The van der Waals surface area contributed by atoms with Crippen molar-refractivity contribution in [3.63, 3.8) is 0 Å². The first-order valence-corrected chi connectivity index (χ1v) is 6.53. The second-order valence-corrected chi connectivity index (χ2v) is 5.55. The van der Waals surface area contributed by atoms with Gasteiger partial charge in [0, 0.05) is 24.8 Å². The van der Waals surface area contributed by atoms with E-state index in [1.165, 1.54) is 25.1 Å². The Morgan fingerprint density at radius 3 is 3.00 bits per heavy atom. The van der Waals surface area contributed by atoms with Gasteiger partial charge >= 0.3 is 0 Å². The van der Waals surface area contributed by atoms with Gasteiger partial charge in [-0.05, 0) is 51.9 Å². The average molecular weight is 233 g/mol. The standard InChI is InChI=1S/C14H23N3/c1-14(2)12-17(10-6-5-9-16-14)11-13-7-3-4-8-15-13/h3-4,7-8,16H,5-6,9-12H2,1-2H3. The van der Waals surface area contributed by atoms with Crippen molar-refractivity contribution < 1.29 is 0 Å². The largest absolute Gasteiger partial charge is 0.311 e. The Hall–Kier alpha value is -0.930. The zero-order chi connectivity index (χ0) is 12.1. The highest BCUT2D eigenvalue weighted by molar-refractivity contribution is 5.03. The molecule has 1 aromatic rings. The van der Waals surface area contributed by atoms with Crippen LogP contribution in [0.3, 0.4) is 0 Å². The molecule has 1 aliphatic heterocycles. The predicted molar refractivity (Wildman–Crippen MR) is 70.8 cm³/mol. The SMILES string of the molecule is CC1(C)CN(Cc2ccccn2)CCCCN1. The van der Waals surface area contributed by atoms with Crippen LogP contribution >= 0.6 is 0 Å². The van der Waals surface area contributed by atoms with Gasteiger partial charge in [0.15, 0.2) is 0 Å². The molecule has 0 bridgehead atoms. The smallest absolute Gasteiger partial charge is 0.0543 e. The quantitative estimate of drug-likeness (QED) is 0.847. The van der Waals surface area contributed by atoms with E-state index in [9.17, 15) is 0 Å². The number of nitrogens with zero attached hydrogens (tertiary/aromatic N) is 2. The lowest BCUT2D eigenvalue weighted by Gasteiger charge is -2.35. The van der Waals surface area contributed by atoms with Crippen LogP contribution in [0.25, 0.3) is 0 Å². The molecule has 0 saturated carbocycles. The van der Waals surface area contributed by atoms with Crippen molar-refractivity contribution in [1.29, 1.82) is 0 Å². The zero-order valence-electron chi connectivity index (χ0n) is 10.9. The number of rotatable bonds is 2. The van der Waals surface area contributed by atoms with Crippen LogP contribution in [0.2, 0.25) is 0 Å². The Kier molecular flexibility index (Phi) is 4.13. The molecule has 0 atom stereocenters. The van der Waals surface area contributed by atoms with Gasteiger partial charge < -0.3 is 5.32 Å². The third-order valence-corrected chi connectivity index (χ3v) is 3.24. The molecule has 2 heterocycles. The third kappa shape index (κ3) is 4.10. The minimum atomic E-state index is 0.204. The van der Waals surface area contributed by atoms with Crippen LogP contribution in [-0.4, -0.2) is 35.1 Å². The van der Waals surface area contributed by atoms with Crippen molar-refractivity contribution in [3.05, 3.63) is 30.1 Å². The van der Waals surface area contributed by atoms with Crippen LogP contribution in [0.1, 0.15) is 32.4 Å². The summed E-state index contributed by atoms with van der Waals surface area (Å²) in [5.74, 6) is 0. The van der Waals surface area contributed by atoms with E-state index < -0.39 is 0 Å². The summed E-state index contributed by atoms with van der Waals surface area (Å²) in [5.41, 5.74) is 1.37. The number of hydrogen-bond donors (Lipinski definition) is 1. The number of hydrogen-bond acceptors (Lipinski definition) is 3. The molecule has 1 aliphatic rings. The molecule has 2 rings (SSSR count). The summed E-state index contributed by atoms with van der Waals surface area (Å²) in [6.07, 6.45) is 4.42. The molecule has 0 amide bonds. The normalized spacial score (nSPS) is 21.8. The van der Waals surface area contributed by atoms with Crippen molar-refractivity contribution in [2.75, 3.05) is 19.6 Å². The Morgan fingerprint density at radius 2 is 2.24 bits per heavy atom. The van der Waals surface area contributed by atoms with Crippen molar-refractivity contribution in [1.82, 2.24) is 15.2 Å². The highest BCUT2D eigenvalue weighted by Crippen LogP contribution is 2.13. The maximum Gasteiger partial charge on any atom is 0.0543 e. The van der Waals surface area contributed by atoms with Crippen molar-refractivity contribution in [2.24, 2.45) is 0 Å². The third-order valence-electron chi connectivity index (χ3n) is 3.24. The van der Waals surface area contributed by atoms with Crippen LogP contribution in [0.4, 0.5) is 0 Å². The molecule has 0 unspecified atom stereocenters. The van der Waals surface area contributed by atoms with Crippen LogP contribution in [-0.2, 0) is 6.54 Å². The fourth-order valence-electron chi connectivity index (χ4n) is 2.44. The second kappa shape index (κ2) is 5.61. The van der Waals surface area contributed by atoms with E-state index >= 15 is 0 Å². The van der Waals surface area contributed by atoms with Gasteiger partial charge in [0.05, 0.1) is 5.69 Å². The number of aromatic nitrogens is 1. The number of nitrogens with one attached hydrogen (secondary N) is 1. The van der Waals surface area contributed by atoms with Gasteiger partial charge in [-0.15, -0.1) is 0 Å². The molecule has 94 valence electrons. The molecule has 1 saturated heterocycles. The van der Waals surface area contributed by atoms with E-state index in [0.29, 0.717) is 0 Å². The summed E-state index contributed by atoms with van der Waals surface area (Å²) in [6.45, 7) is 8.94. The highest BCUT2D eigenvalue weighted by atomic mass is 15.2. The molecular weight excluding hydrogens is 210 g/mol. The van der Waals surface area contributed by atoms with Crippen molar-refractivity contribution in [2.45, 2.75) is 38.8 Å². The van der Waals surface area contributed by atoms with Gasteiger partial charge in [-0.2, -0.15) is 0 Å². The number of pyridine rings is 1. The second-order valence-electron chi connectivity index (χ2n) is 5.55. The summed E-state index contributed by atoms with van der Waals surface area (Å²) in [5, 5.41) is 3.61. The van der Waals surface area contributed by atoms with Gasteiger partial charge in [0.25, 0.3) is 0 Å². The van der Waals surface area contributed by atoms with E-state index in [4.69, 9.17) is 0 Å². The molecule has 1 fully saturated rings. The van der Waals surface area contributed by atoms with Gasteiger partial charge in [-0.25, -0.2) is 0 Å². The summed E-state index contributed by atoms with van der Waals surface area (Å²) in [7, 11) is 0. The average Bonchev–Trinajstić information content (AvgIpc) is 2.27. The Morgan fingerprint density at radius 1 is 1.35 bits per heavy atom. The molecule has 3 nitrogen and oxygen atoms in total. The maximum atomic E-state index is 4.41. The van der Waals surface area contributed by atoms with E-state index in [1.807, 2.05) is 12.3 Å². The Bertz CT molecular complexity index is 335. The van der Waals surface area contributed by atoms with Crippen LogP contribution in [0, 0.1) is 0 Å². The first-order chi connectivity index (χ1) is 8.16. The van der Waals surface area contributed by atoms with Crippen LogP contribution in [0.5, 0.6) is 0 Å². The summed E-state index contributed by atoms with van der Waals surface area (Å²) in [4.78, 5) is 6.92. The summed E-state index contributed by atoms with van der Waals surface area (Å²) in [6, 6.07) is 6.15. The lowest BCUT2D eigenvalue weighted by molar-refractivity contribution is 0.172. The monoisotopic (exact) mass is 233 g/mol. The van der Waals surface area contributed by atoms with Crippen LogP contribution < -0.4 is 5.32 Å². The first kappa shape index (κ1) is 12.5. The molecule has 0 radical (unpaired) electrons. The Labute approximate surface area is 104 Å².